The zero-order chi connectivity index (χ0) is 20.6. The molecule has 3 rings (SSSR count). The monoisotopic (exact) mass is 394 g/mol. The second kappa shape index (κ2) is 10.0. The first-order chi connectivity index (χ1) is 14.1. The van der Waals surface area contributed by atoms with Crippen molar-refractivity contribution in [3.63, 3.8) is 0 Å². The highest BCUT2D eigenvalue weighted by molar-refractivity contribution is 6.09. The van der Waals surface area contributed by atoms with E-state index in [9.17, 15) is 9.90 Å². The van der Waals surface area contributed by atoms with E-state index in [0.29, 0.717) is 11.8 Å². The van der Waals surface area contributed by atoms with E-state index < -0.39 is 6.23 Å². The second-order valence-electron chi connectivity index (χ2n) is 6.85. The Kier molecular flexibility index (Phi) is 7.18. The topological polar surface area (TPSA) is 126 Å². The van der Waals surface area contributed by atoms with Crippen LogP contribution in [0.15, 0.2) is 53.8 Å². The summed E-state index contributed by atoms with van der Waals surface area (Å²) in [5.41, 5.74) is 5.39. The number of amides is 1. The van der Waals surface area contributed by atoms with Crippen LogP contribution in [0, 0.1) is 0 Å². The highest BCUT2D eigenvalue weighted by Crippen LogP contribution is 2.39. The lowest BCUT2D eigenvalue weighted by Gasteiger charge is -2.09. The van der Waals surface area contributed by atoms with Crippen LogP contribution in [0.2, 0.25) is 0 Å². The van der Waals surface area contributed by atoms with E-state index >= 15 is 0 Å². The number of pyridine rings is 2. The van der Waals surface area contributed by atoms with Crippen molar-refractivity contribution in [3.8, 4) is 11.1 Å². The number of carbonyl (C=O) groups is 1. The van der Waals surface area contributed by atoms with E-state index in [1.807, 2.05) is 37.4 Å². The number of rotatable bonds is 8. The lowest BCUT2D eigenvalue weighted by molar-refractivity contribution is 0.0971. The summed E-state index contributed by atoms with van der Waals surface area (Å²) in [6, 6.07) is 7.64. The fourth-order valence-corrected chi connectivity index (χ4v) is 2.71. The Balaban J connectivity index is 1.73. The van der Waals surface area contributed by atoms with Gasteiger partial charge in [0.2, 0.25) is 0 Å². The lowest BCUT2D eigenvalue weighted by Crippen LogP contribution is -2.38. The summed E-state index contributed by atoms with van der Waals surface area (Å²) in [6.07, 6.45) is 9.18. The molecule has 1 amide bonds. The quantitative estimate of drug-likeness (QED) is 0.178. The molecule has 2 heterocycles. The maximum atomic E-state index is 12.7. The number of amidine groups is 1. The summed E-state index contributed by atoms with van der Waals surface area (Å²) in [6.45, 7) is 1.98. The largest absolute Gasteiger partial charge is 0.375 e. The van der Waals surface area contributed by atoms with Gasteiger partial charge in [-0.2, -0.15) is 0 Å². The van der Waals surface area contributed by atoms with E-state index in [4.69, 9.17) is 5.84 Å². The molecule has 152 valence electrons. The molecule has 2 aromatic heterocycles. The van der Waals surface area contributed by atoms with Crippen LogP contribution >= 0.6 is 0 Å². The molecule has 29 heavy (non-hydrogen) atoms. The second-order valence-corrected chi connectivity index (χ2v) is 6.85. The molecule has 0 aliphatic heterocycles. The van der Waals surface area contributed by atoms with Crippen LogP contribution in [0.25, 0.3) is 11.1 Å². The third-order valence-electron chi connectivity index (χ3n) is 4.49. The average Bonchev–Trinajstić information content (AvgIpc) is 3.61. The number of carbonyl (C=O) groups excluding carboxylic acids is 1. The Hall–Kier alpha value is -2.94. The molecule has 1 aliphatic carbocycles. The SMILES string of the molecule is CC/C=C\C(=N/CC(O)NN)NC(=O)c1cc(-c2ccc(C3CC3)nc2)ccn1. The molecule has 1 unspecified atom stereocenters. The molecule has 0 aromatic carbocycles. The number of nitrogens with one attached hydrogen (secondary N) is 2. The van der Waals surface area contributed by atoms with Crippen molar-refractivity contribution in [2.45, 2.75) is 38.3 Å². The maximum absolute atomic E-state index is 12.7. The number of aliphatic hydroxyl groups excluding tert-OH is 1. The number of aliphatic hydroxyl groups is 1. The van der Waals surface area contributed by atoms with Crippen molar-refractivity contribution in [2.24, 2.45) is 10.8 Å². The molecule has 5 N–H and O–H groups in total. The van der Waals surface area contributed by atoms with Gasteiger partial charge in [-0.15, -0.1) is 0 Å². The normalized spacial score (nSPS) is 15.5. The molecular weight excluding hydrogens is 368 g/mol. The van der Waals surface area contributed by atoms with Crippen LogP contribution in [0.3, 0.4) is 0 Å². The van der Waals surface area contributed by atoms with Gasteiger partial charge in [0.1, 0.15) is 17.8 Å². The van der Waals surface area contributed by atoms with Crippen molar-refractivity contribution in [2.75, 3.05) is 6.54 Å². The van der Waals surface area contributed by atoms with Crippen molar-refractivity contribution < 1.29 is 9.90 Å². The van der Waals surface area contributed by atoms with Crippen LogP contribution in [0.1, 0.15) is 48.3 Å². The number of aliphatic imine (C=N–C) groups is 1. The van der Waals surface area contributed by atoms with Gasteiger partial charge < -0.3 is 10.4 Å². The van der Waals surface area contributed by atoms with Crippen LogP contribution < -0.4 is 16.6 Å². The zero-order valence-electron chi connectivity index (χ0n) is 16.4. The maximum Gasteiger partial charge on any atom is 0.275 e. The minimum Gasteiger partial charge on any atom is -0.375 e. The summed E-state index contributed by atoms with van der Waals surface area (Å²) in [7, 11) is 0. The van der Waals surface area contributed by atoms with Crippen LogP contribution in [0.4, 0.5) is 0 Å². The predicted octanol–water partition coefficient (Wildman–Crippen LogP) is 1.90. The fraction of sp³-hybridized carbons (Fsp3) is 0.333. The van der Waals surface area contributed by atoms with Gasteiger partial charge in [0.05, 0.1) is 6.54 Å². The number of allylic oxidation sites excluding steroid dienone is 1. The van der Waals surface area contributed by atoms with Gasteiger partial charge in [0.15, 0.2) is 0 Å². The molecule has 1 fully saturated rings. The van der Waals surface area contributed by atoms with Gasteiger partial charge in [-0.25, -0.2) is 5.43 Å². The molecule has 0 radical (unpaired) electrons. The summed E-state index contributed by atoms with van der Waals surface area (Å²) in [5.74, 6) is 5.71. The number of hydrazine groups is 1. The molecule has 8 heteroatoms. The van der Waals surface area contributed by atoms with Crippen LogP contribution in [0.5, 0.6) is 0 Å². The fourth-order valence-electron chi connectivity index (χ4n) is 2.71. The Labute approximate surface area is 170 Å². The number of aromatic nitrogens is 2. The Bertz CT molecular complexity index is 890. The van der Waals surface area contributed by atoms with Crippen LogP contribution in [-0.2, 0) is 0 Å². The first-order valence-corrected chi connectivity index (χ1v) is 9.69. The Morgan fingerprint density at radius 3 is 2.83 bits per heavy atom. The Morgan fingerprint density at radius 2 is 2.17 bits per heavy atom. The third-order valence-corrected chi connectivity index (χ3v) is 4.49. The smallest absolute Gasteiger partial charge is 0.275 e. The summed E-state index contributed by atoms with van der Waals surface area (Å²) < 4.78 is 0. The number of hydrogen-bond acceptors (Lipinski definition) is 7. The van der Waals surface area contributed by atoms with E-state index in [2.05, 4.69) is 25.7 Å². The molecule has 0 saturated heterocycles. The van der Waals surface area contributed by atoms with E-state index in [1.54, 1.807) is 18.3 Å². The standard InChI is InChI=1S/C21H26N6O2/c1-2-3-4-19(25-13-20(28)27-22)26-21(29)18-11-15(9-10-23-18)16-7-8-17(24-12-16)14-5-6-14/h3-4,7-12,14,20,27-28H,2,5-6,13,22H2,1H3,(H,25,26,29)/b4-3-. The summed E-state index contributed by atoms with van der Waals surface area (Å²) >= 11 is 0. The molecular formula is C21H26N6O2. The van der Waals surface area contributed by atoms with Crippen molar-refractivity contribution in [1.29, 1.82) is 0 Å². The Morgan fingerprint density at radius 1 is 1.34 bits per heavy atom. The molecule has 8 nitrogen and oxygen atoms in total. The van der Waals surface area contributed by atoms with E-state index in [0.717, 1.165) is 23.2 Å². The minimum atomic E-state index is -0.996. The number of nitrogens with two attached hydrogens (primary N) is 1. The minimum absolute atomic E-state index is 0.00660. The average molecular weight is 394 g/mol. The highest BCUT2D eigenvalue weighted by Gasteiger charge is 2.24. The first-order valence-electron chi connectivity index (χ1n) is 9.69. The van der Waals surface area contributed by atoms with Crippen molar-refractivity contribution >= 4 is 11.7 Å². The molecule has 1 aliphatic rings. The molecule has 2 aromatic rings. The summed E-state index contributed by atoms with van der Waals surface area (Å²) in [5, 5.41) is 12.2. The van der Waals surface area contributed by atoms with Crippen molar-refractivity contribution in [1.82, 2.24) is 20.7 Å². The molecule has 1 saturated carbocycles. The van der Waals surface area contributed by atoms with Gasteiger partial charge in [-0.3, -0.25) is 25.6 Å². The number of hydrogen-bond donors (Lipinski definition) is 4. The van der Waals surface area contributed by atoms with Gasteiger partial charge >= 0.3 is 0 Å². The summed E-state index contributed by atoms with van der Waals surface area (Å²) in [4.78, 5) is 25.5. The highest BCUT2D eigenvalue weighted by atomic mass is 16.3. The third kappa shape index (κ3) is 6.02. The van der Waals surface area contributed by atoms with Gasteiger partial charge in [0.25, 0.3) is 5.91 Å². The van der Waals surface area contributed by atoms with Crippen LogP contribution in [-0.4, -0.2) is 39.6 Å². The molecule has 0 spiro atoms. The molecule has 0 bridgehead atoms. The van der Waals surface area contributed by atoms with Gasteiger partial charge in [-0.1, -0.05) is 19.1 Å². The number of nitrogens with zero attached hydrogens (tertiary/aromatic N) is 3. The lowest BCUT2D eigenvalue weighted by atomic mass is 10.1. The van der Waals surface area contributed by atoms with E-state index in [1.165, 1.54) is 12.8 Å². The van der Waals surface area contributed by atoms with Crippen molar-refractivity contribution in [3.05, 3.63) is 60.2 Å². The first kappa shape index (κ1) is 20.8. The zero-order valence-corrected chi connectivity index (χ0v) is 16.4. The van der Waals surface area contributed by atoms with Gasteiger partial charge in [-0.05, 0) is 49.1 Å². The van der Waals surface area contributed by atoms with E-state index in [-0.39, 0.29) is 18.1 Å². The predicted molar refractivity (Wildman–Crippen MR) is 112 cm³/mol. The van der Waals surface area contributed by atoms with Gasteiger partial charge in [0, 0.05) is 29.6 Å². The molecule has 1 atom stereocenters.